The van der Waals surface area contributed by atoms with Crippen LogP contribution in [0.2, 0.25) is 5.02 Å². The third kappa shape index (κ3) is 2.43. The minimum absolute atomic E-state index is 0.0324. The maximum absolute atomic E-state index is 12.8. The van der Waals surface area contributed by atoms with Crippen LogP contribution in [-0.4, -0.2) is 11.8 Å². The number of hydrogen-bond donors (Lipinski definition) is 0. The lowest BCUT2D eigenvalue weighted by atomic mass is 9.85. The first-order chi connectivity index (χ1) is 12.6. The van der Waals surface area contributed by atoms with Gasteiger partial charge in [-0.05, 0) is 66.8 Å². The topological polar surface area (TPSA) is 37.4 Å². The SMILES string of the molecule is O=C1[C@@H]2[C@@H](C(=O)N1c1ccc(Sc3ccc(Cl)cc3)cc1)[C@H]1C=C[C@@H]2C1. The molecule has 0 unspecified atom stereocenters. The molecule has 0 aromatic heterocycles. The lowest BCUT2D eigenvalue weighted by Crippen LogP contribution is -2.32. The minimum Gasteiger partial charge on any atom is -0.274 e. The monoisotopic (exact) mass is 381 g/mol. The Labute approximate surface area is 161 Å². The number of fused-ring (bicyclic) bond motifs is 5. The highest BCUT2D eigenvalue weighted by Gasteiger charge is 2.59. The number of anilines is 1. The zero-order chi connectivity index (χ0) is 17.8. The lowest BCUT2D eigenvalue weighted by molar-refractivity contribution is -0.123. The largest absolute Gasteiger partial charge is 0.274 e. The van der Waals surface area contributed by atoms with Crippen LogP contribution in [0.5, 0.6) is 0 Å². The third-order valence-corrected chi connectivity index (χ3v) is 6.88. The van der Waals surface area contributed by atoms with Gasteiger partial charge in [0.25, 0.3) is 0 Å². The molecule has 1 saturated carbocycles. The summed E-state index contributed by atoms with van der Waals surface area (Å²) in [6.07, 6.45) is 5.19. The quantitative estimate of drug-likeness (QED) is 0.566. The van der Waals surface area contributed by atoms with Crippen molar-refractivity contribution < 1.29 is 9.59 Å². The van der Waals surface area contributed by atoms with Gasteiger partial charge in [-0.25, -0.2) is 0 Å². The number of carbonyl (C=O) groups excluding carboxylic acids is 2. The van der Waals surface area contributed by atoms with E-state index in [-0.39, 0.29) is 35.5 Å². The molecule has 1 heterocycles. The van der Waals surface area contributed by atoms with Crippen LogP contribution >= 0.6 is 23.4 Å². The van der Waals surface area contributed by atoms with Crippen LogP contribution in [0.1, 0.15) is 6.42 Å². The molecule has 2 amide bonds. The highest BCUT2D eigenvalue weighted by atomic mass is 35.5. The molecule has 3 nitrogen and oxygen atoms in total. The first-order valence-electron chi connectivity index (χ1n) is 8.71. The van der Waals surface area contributed by atoms with Crippen molar-refractivity contribution in [3.8, 4) is 0 Å². The van der Waals surface area contributed by atoms with Crippen LogP contribution in [0.3, 0.4) is 0 Å². The Morgan fingerprint density at radius 2 is 1.31 bits per heavy atom. The van der Waals surface area contributed by atoms with Gasteiger partial charge >= 0.3 is 0 Å². The highest BCUT2D eigenvalue weighted by molar-refractivity contribution is 7.99. The molecule has 26 heavy (non-hydrogen) atoms. The van der Waals surface area contributed by atoms with Crippen molar-refractivity contribution in [3.05, 3.63) is 65.7 Å². The first-order valence-corrected chi connectivity index (χ1v) is 9.91. The molecule has 1 saturated heterocycles. The van der Waals surface area contributed by atoms with Gasteiger partial charge in [-0.3, -0.25) is 14.5 Å². The van der Waals surface area contributed by atoms with E-state index < -0.39 is 0 Å². The first kappa shape index (κ1) is 16.2. The summed E-state index contributed by atoms with van der Waals surface area (Å²) in [4.78, 5) is 29.2. The van der Waals surface area contributed by atoms with Crippen LogP contribution in [-0.2, 0) is 9.59 Å². The molecular formula is C21H16ClNO2S. The summed E-state index contributed by atoms with van der Waals surface area (Å²) in [5.74, 6) is 0.114. The summed E-state index contributed by atoms with van der Waals surface area (Å²) in [7, 11) is 0. The van der Waals surface area contributed by atoms with E-state index in [9.17, 15) is 9.59 Å². The summed E-state index contributed by atoms with van der Waals surface area (Å²) >= 11 is 7.54. The standard InChI is InChI=1S/C21H16ClNO2S/c22-14-3-7-16(8-4-14)26-17-9-5-15(6-10-17)23-20(24)18-12-1-2-13(11-12)19(18)21(23)25/h1-10,12-13,18-19H,11H2/t12-,13+,18-,19-/m0/s1. The average Bonchev–Trinajstić information content (AvgIpc) is 3.32. The Hall–Kier alpha value is -2.04. The molecule has 0 N–H and O–H groups in total. The Morgan fingerprint density at radius 1 is 0.808 bits per heavy atom. The van der Waals surface area contributed by atoms with Crippen LogP contribution < -0.4 is 4.90 Å². The zero-order valence-electron chi connectivity index (χ0n) is 13.8. The lowest BCUT2D eigenvalue weighted by Gasteiger charge is -2.17. The Bertz CT molecular complexity index is 892. The smallest absolute Gasteiger partial charge is 0.238 e. The fourth-order valence-corrected chi connectivity index (χ4v) is 5.40. The summed E-state index contributed by atoms with van der Waals surface area (Å²) in [5.41, 5.74) is 0.675. The summed E-state index contributed by atoms with van der Waals surface area (Å²) in [5, 5.41) is 0.713. The Morgan fingerprint density at radius 3 is 1.85 bits per heavy atom. The van der Waals surface area contributed by atoms with Crippen molar-refractivity contribution in [2.75, 3.05) is 4.90 Å². The van der Waals surface area contributed by atoms with E-state index in [1.165, 1.54) is 4.90 Å². The summed E-state index contributed by atoms with van der Waals surface area (Å²) < 4.78 is 0. The number of hydrogen-bond acceptors (Lipinski definition) is 3. The predicted octanol–water partition coefficient (Wildman–Crippen LogP) is 4.80. The molecule has 2 aliphatic carbocycles. The van der Waals surface area contributed by atoms with Crippen molar-refractivity contribution in [1.29, 1.82) is 0 Å². The van der Waals surface area contributed by atoms with Gasteiger partial charge in [0.05, 0.1) is 17.5 Å². The average molecular weight is 382 g/mol. The number of halogens is 1. The van der Waals surface area contributed by atoms with Crippen LogP contribution in [0, 0.1) is 23.7 Å². The molecule has 1 aliphatic heterocycles. The molecule has 0 radical (unpaired) electrons. The van der Waals surface area contributed by atoms with E-state index >= 15 is 0 Å². The van der Waals surface area contributed by atoms with E-state index in [0.29, 0.717) is 10.7 Å². The highest BCUT2D eigenvalue weighted by Crippen LogP contribution is 2.53. The van der Waals surface area contributed by atoms with Gasteiger partial charge in [-0.2, -0.15) is 0 Å². The molecule has 5 rings (SSSR count). The fraction of sp³-hybridized carbons (Fsp3) is 0.238. The molecule has 5 heteroatoms. The van der Waals surface area contributed by atoms with E-state index in [0.717, 1.165) is 16.2 Å². The molecule has 3 aliphatic rings. The predicted molar refractivity (Wildman–Crippen MR) is 102 cm³/mol. The van der Waals surface area contributed by atoms with Gasteiger partial charge in [0.2, 0.25) is 11.8 Å². The van der Waals surface area contributed by atoms with Gasteiger partial charge in [0, 0.05) is 14.8 Å². The van der Waals surface area contributed by atoms with Crippen molar-refractivity contribution in [2.45, 2.75) is 16.2 Å². The van der Waals surface area contributed by atoms with Gasteiger partial charge < -0.3 is 0 Å². The zero-order valence-corrected chi connectivity index (χ0v) is 15.4. The number of imide groups is 1. The van der Waals surface area contributed by atoms with Gasteiger partial charge in [0.1, 0.15) is 0 Å². The molecule has 0 spiro atoms. The van der Waals surface area contributed by atoms with Crippen molar-refractivity contribution in [1.82, 2.24) is 0 Å². The number of rotatable bonds is 3. The molecule has 2 aromatic carbocycles. The Balaban J connectivity index is 1.37. The number of carbonyl (C=O) groups is 2. The van der Waals surface area contributed by atoms with Crippen LogP contribution in [0.25, 0.3) is 0 Å². The Kier molecular flexibility index (Phi) is 3.73. The molecule has 2 bridgehead atoms. The van der Waals surface area contributed by atoms with Crippen LogP contribution in [0.15, 0.2) is 70.5 Å². The van der Waals surface area contributed by atoms with Crippen molar-refractivity contribution in [3.63, 3.8) is 0 Å². The molecular weight excluding hydrogens is 366 g/mol. The van der Waals surface area contributed by atoms with E-state index in [2.05, 4.69) is 12.2 Å². The number of allylic oxidation sites excluding steroid dienone is 2. The fourth-order valence-electron chi connectivity index (χ4n) is 4.46. The number of benzene rings is 2. The van der Waals surface area contributed by atoms with E-state index in [4.69, 9.17) is 11.6 Å². The summed E-state index contributed by atoms with van der Waals surface area (Å²) in [6.45, 7) is 0. The second kappa shape index (κ2) is 6.00. The van der Waals surface area contributed by atoms with E-state index in [1.807, 2.05) is 48.5 Å². The molecule has 2 aromatic rings. The minimum atomic E-state index is -0.152. The molecule has 4 atom stereocenters. The maximum Gasteiger partial charge on any atom is 0.238 e. The van der Waals surface area contributed by atoms with Gasteiger partial charge in [-0.1, -0.05) is 35.5 Å². The van der Waals surface area contributed by atoms with Crippen molar-refractivity contribution >= 4 is 40.9 Å². The molecule has 2 fully saturated rings. The number of amides is 2. The number of nitrogens with zero attached hydrogens (tertiary/aromatic N) is 1. The second-order valence-corrected chi connectivity index (χ2v) is 8.65. The second-order valence-electron chi connectivity index (χ2n) is 7.06. The molecule has 130 valence electrons. The van der Waals surface area contributed by atoms with Crippen molar-refractivity contribution in [2.24, 2.45) is 23.7 Å². The normalized spacial score (nSPS) is 28.9. The third-order valence-electron chi connectivity index (χ3n) is 5.61. The summed E-state index contributed by atoms with van der Waals surface area (Å²) in [6, 6.07) is 15.3. The maximum atomic E-state index is 12.8. The van der Waals surface area contributed by atoms with Crippen LogP contribution in [0.4, 0.5) is 5.69 Å². The van der Waals surface area contributed by atoms with E-state index in [1.54, 1.807) is 11.8 Å². The van der Waals surface area contributed by atoms with Gasteiger partial charge in [0.15, 0.2) is 0 Å². The van der Waals surface area contributed by atoms with Gasteiger partial charge in [-0.15, -0.1) is 0 Å².